The molecular formula is C13H24O4. The van der Waals surface area contributed by atoms with E-state index < -0.39 is 0 Å². The highest BCUT2D eigenvalue weighted by Gasteiger charge is 2.26. The third-order valence-electron chi connectivity index (χ3n) is 3.14. The molecule has 0 aromatic rings. The monoisotopic (exact) mass is 244 g/mol. The molecular weight excluding hydrogens is 220 g/mol. The fraction of sp³-hybridized carbons (Fsp3) is 0.923. The van der Waals surface area contributed by atoms with Gasteiger partial charge in [0.2, 0.25) is 0 Å². The van der Waals surface area contributed by atoms with E-state index in [0.717, 1.165) is 38.7 Å². The summed E-state index contributed by atoms with van der Waals surface area (Å²) in [5.74, 6) is 0.00548. The van der Waals surface area contributed by atoms with E-state index in [-0.39, 0.29) is 11.9 Å². The normalized spacial score (nSPS) is 24.6. The Morgan fingerprint density at radius 3 is 2.41 bits per heavy atom. The zero-order valence-electron chi connectivity index (χ0n) is 10.9. The van der Waals surface area contributed by atoms with Crippen molar-refractivity contribution in [2.75, 3.05) is 26.9 Å². The first-order valence-electron chi connectivity index (χ1n) is 6.55. The van der Waals surface area contributed by atoms with E-state index in [4.69, 9.17) is 14.2 Å². The van der Waals surface area contributed by atoms with Crippen LogP contribution in [0.2, 0.25) is 0 Å². The van der Waals surface area contributed by atoms with Crippen LogP contribution in [0, 0.1) is 5.92 Å². The molecule has 100 valence electrons. The second-order valence-electron chi connectivity index (χ2n) is 4.48. The summed E-state index contributed by atoms with van der Waals surface area (Å²) in [5, 5.41) is 0. The first-order chi connectivity index (χ1) is 8.27. The van der Waals surface area contributed by atoms with Crippen LogP contribution in [0.15, 0.2) is 0 Å². The van der Waals surface area contributed by atoms with Crippen molar-refractivity contribution in [3.05, 3.63) is 0 Å². The average molecular weight is 244 g/mol. The van der Waals surface area contributed by atoms with Gasteiger partial charge in [0.1, 0.15) is 0 Å². The Balaban J connectivity index is 2.05. The Hall–Kier alpha value is -0.610. The fourth-order valence-corrected chi connectivity index (χ4v) is 2.15. The van der Waals surface area contributed by atoms with Crippen molar-refractivity contribution in [1.29, 1.82) is 0 Å². The summed E-state index contributed by atoms with van der Waals surface area (Å²) in [4.78, 5) is 11.3. The molecule has 4 nitrogen and oxygen atoms in total. The SMILES string of the molecule is CCCOCCOC1CCC(C(=O)OC)CC1. The number of ether oxygens (including phenoxy) is 3. The van der Waals surface area contributed by atoms with Gasteiger partial charge in [0.05, 0.1) is 32.3 Å². The number of methoxy groups -OCH3 is 1. The summed E-state index contributed by atoms with van der Waals surface area (Å²) in [6.07, 6.45) is 5.01. The quantitative estimate of drug-likeness (QED) is 0.508. The molecule has 0 aromatic carbocycles. The van der Waals surface area contributed by atoms with Crippen molar-refractivity contribution >= 4 is 5.97 Å². The lowest BCUT2D eigenvalue weighted by Crippen LogP contribution is -2.27. The molecule has 17 heavy (non-hydrogen) atoms. The van der Waals surface area contributed by atoms with Gasteiger partial charge in [-0.25, -0.2) is 0 Å². The highest BCUT2D eigenvalue weighted by molar-refractivity contribution is 5.72. The largest absolute Gasteiger partial charge is 0.469 e. The lowest BCUT2D eigenvalue weighted by molar-refractivity contribution is -0.147. The Kier molecular flexibility index (Phi) is 7.21. The third kappa shape index (κ3) is 5.50. The van der Waals surface area contributed by atoms with E-state index in [0.29, 0.717) is 19.3 Å². The van der Waals surface area contributed by atoms with Crippen LogP contribution in [0.5, 0.6) is 0 Å². The Bertz CT molecular complexity index is 209. The number of esters is 1. The molecule has 1 aliphatic rings. The van der Waals surface area contributed by atoms with Gasteiger partial charge >= 0.3 is 5.97 Å². The van der Waals surface area contributed by atoms with Crippen LogP contribution in [0.25, 0.3) is 0 Å². The van der Waals surface area contributed by atoms with Gasteiger partial charge in [0.15, 0.2) is 0 Å². The average Bonchev–Trinajstić information content (AvgIpc) is 2.38. The molecule has 1 saturated carbocycles. The second kappa shape index (κ2) is 8.48. The van der Waals surface area contributed by atoms with Crippen LogP contribution < -0.4 is 0 Å². The van der Waals surface area contributed by atoms with E-state index >= 15 is 0 Å². The minimum atomic E-state index is -0.0743. The summed E-state index contributed by atoms with van der Waals surface area (Å²) < 4.78 is 15.8. The summed E-state index contributed by atoms with van der Waals surface area (Å²) >= 11 is 0. The molecule has 0 aromatic heterocycles. The zero-order valence-corrected chi connectivity index (χ0v) is 10.9. The van der Waals surface area contributed by atoms with Crippen molar-refractivity contribution in [3.63, 3.8) is 0 Å². The molecule has 0 aliphatic heterocycles. The summed E-state index contributed by atoms with van der Waals surface area (Å²) in [7, 11) is 1.45. The third-order valence-corrected chi connectivity index (χ3v) is 3.14. The molecule has 1 rings (SSSR count). The summed E-state index contributed by atoms with van der Waals surface area (Å²) in [5.41, 5.74) is 0. The van der Waals surface area contributed by atoms with Crippen molar-refractivity contribution in [2.24, 2.45) is 5.92 Å². The van der Waals surface area contributed by atoms with Gasteiger partial charge < -0.3 is 14.2 Å². The zero-order chi connectivity index (χ0) is 12.5. The topological polar surface area (TPSA) is 44.8 Å². The molecule has 0 N–H and O–H groups in total. The molecule has 0 unspecified atom stereocenters. The molecule has 0 amide bonds. The van der Waals surface area contributed by atoms with Gasteiger partial charge in [-0.3, -0.25) is 4.79 Å². The highest BCUT2D eigenvalue weighted by Crippen LogP contribution is 2.26. The van der Waals surface area contributed by atoms with Gasteiger partial charge in [0, 0.05) is 6.61 Å². The fourth-order valence-electron chi connectivity index (χ4n) is 2.15. The molecule has 1 fully saturated rings. The van der Waals surface area contributed by atoms with Gasteiger partial charge in [0.25, 0.3) is 0 Å². The van der Waals surface area contributed by atoms with Crippen LogP contribution in [-0.2, 0) is 19.0 Å². The Morgan fingerprint density at radius 1 is 1.12 bits per heavy atom. The van der Waals surface area contributed by atoms with Crippen molar-refractivity contribution < 1.29 is 19.0 Å². The molecule has 0 spiro atoms. The second-order valence-corrected chi connectivity index (χ2v) is 4.48. The minimum Gasteiger partial charge on any atom is -0.469 e. The highest BCUT2D eigenvalue weighted by atomic mass is 16.5. The van der Waals surface area contributed by atoms with Crippen molar-refractivity contribution in [2.45, 2.75) is 45.1 Å². The molecule has 0 atom stereocenters. The lowest BCUT2D eigenvalue weighted by atomic mass is 9.87. The number of hydrogen-bond acceptors (Lipinski definition) is 4. The van der Waals surface area contributed by atoms with Crippen LogP contribution >= 0.6 is 0 Å². The van der Waals surface area contributed by atoms with E-state index in [1.807, 2.05) is 0 Å². The first-order valence-corrected chi connectivity index (χ1v) is 6.55. The number of hydrogen-bond donors (Lipinski definition) is 0. The smallest absolute Gasteiger partial charge is 0.308 e. The molecule has 0 saturated heterocycles. The summed E-state index contributed by atoms with van der Waals surface area (Å²) in [6.45, 7) is 4.23. The van der Waals surface area contributed by atoms with Gasteiger partial charge in [-0.05, 0) is 32.1 Å². The number of carbonyl (C=O) groups is 1. The molecule has 4 heteroatoms. The van der Waals surface area contributed by atoms with Crippen LogP contribution in [0.3, 0.4) is 0 Å². The predicted molar refractivity (Wildman–Crippen MR) is 64.8 cm³/mol. The standard InChI is InChI=1S/C13H24O4/c1-3-8-16-9-10-17-12-6-4-11(5-7-12)13(14)15-2/h11-12H,3-10H2,1-2H3. The maximum absolute atomic E-state index is 11.3. The maximum Gasteiger partial charge on any atom is 0.308 e. The van der Waals surface area contributed by atoms with E-state index in [1.165, 1.54) is 7.11 Å². The number of carbonyl (C=O) groups excluding carboxylic acids is 1. The van der Waals surface area contributed by atoms with E-state index in [9.17, 15) is 4.79 Å². The van der Waals surface area contributed by atoms with Gasteiger partial charge in [-0.2, -0.15) is 0 Å². The Morgan fingerprint density at radius 2 is 1.82 bits per heavy atom. The first kappa shape index (κ1) is 14.5. The number of rotatable bonds is 7. The predicted octanol–water partition coefficient (Wildman–Crippen LogP) is 2.16. The minimum absolute atomic E-state index is 0.0743. The molecule has 0 heterocycles. The molecule has 0 bridgehead atoms. The van der Waals surface area contributed by atoms with E-state index in [1.54, 1.807) is 0 Å². The van der Waals surface area contributed by atoms with Crippen molar-refractivity contribution in [3.8, 4) is 0 Å². The van der Waals surface area contributed by atoms with Crippen LogP contribution in [0.4, 0.5) is 0 Å². The molecule has 0 radical (unpaired) electrons. The maximum atomic E-state index is 11.3. The van der Waals surface area contributed by atoms with E-state index in [2.05, 4.69) is 6.92 Å². The van der Waals surface area contributed by atoms with Crippen LogP contribution in [-0.4, -0.2) is 39.0 Å². The summed E-state index contributed by atoms with van der Waals surface area (Å²) in [6, 6.07) is 0. The lowest BCUT2D eigenvalue weighted by Gasteiger charge is -2.26. The van der Waals surface area contributed by atoms with Gasteiger partial charge in [-0.15, -0.1) is 0 Å². The van der Waals surface area contributed by atoms with Crippen molar-refractivity contribution in [1.82, 2.24) is 0 Å². The van der Waals surface area contributed by atoms with Crippen LogP contribution in [0.1, 0.15) is 39.0 Å². The Labute approximate surface area is 104 Å². The molecule has 1 aliphatic carbocycles. The van der Waals surface area contributed by atoms with Gasteiger partial charge in [-0.1, -0.05) is 6.92 Å².